The Labute approximate surface area is 223 Å². The lowest BCUT2D eigenvalue weighted by Crippen LogP contribution is -2.46. The zero-order valence-corrected chi connectivity index (χ0v) is 22.5. The Bertz CT molecular complexity index is 1140. The van der Waals surface area contributed by atoms with E-state index in [4.69, 9.17) is 21.1 Å². The number of anilines is 1. The quantitative estimate of drug-likeness (QED) is 0.370. The van der Waals surface area contributed by atoms with Gasteiger partial charge in [0.1, 0.15) is 23.9 Å². The van der Waals surface area contributed by atoms with Crippen molar-refractivity contribution in [1.29, 1.82) is 0 Å². The first-order valence-corrected chi connectivity index (χ1v) is 12.6. The Hall–Kier alpha value is -2.68. The van der Waals surface area contributed by atoms with Crippen LogP contribution in [-0.2, 0) is 19.5 Å². The Morgan fingerprint density at radius 1 is 0.972 bits per heavy atom. The molecule has 8 nitrogen and oxygen atoms in total. The number of rotatable bonds is 11. The van der Waals surface area contributed by atoms with E-state index in [2.05, 4.69) is 21.0 Å². The maximum Gasteiger partial charge on any atom is 0.346 e. The second-order valence-electron chi connectivity index (χ2n) is 8.61. The summed E-state index contributed by atoms with van der Waals surface area (Å²) in [6.45, 7) is 8.41. The van der Waals surface area contributed by atoms with Crippen molar-refractivity contribution in [3.05, 3.63) is 69.9 Å². The van der Waals surface area contributed by atoms with Crippen molar-refractivity contribution < 1.29 is 9.47 Å². The largest absolute Gasteiger partial charge is 0.497 e. The van der Waals surface area contributed by atoms with Crippen LogP contribution in [0.4, 0.5) is 5.69 Å². The van der Waals surface area contributed by atoms with Gasteiger partial charge in [-0.15, -0.1) is 12.4 Å². The molecule has 1 aliphatic rings. The van der Waals surface area contributed by atoms with E-state index in [9.17, 15) is 4.79 Å². The van der Waals surface area contributed by atoms with Crippen molar-refractivity contribution >= 4 is 29.7 Å². The minimum absolute atomic E-state index is 0. The first-order chi connectivity index (χ1) is 17.1. The lowest BCUT2D eigenvalue weighted by Gasteiger charge is -2.36. The topological polar surface area (TPSA) is 64.8 Å². The molecule has 2 aromatic carbocycles. The molecule has 2 heterocycles. The fraction of sp³-hybridized carbons (Fsp3) is 0.462. The summed E-state index contributed by atoms with van der Waals surface area (Å²) in [5.74, 6) is 2.33. The maximum absolute atomic E-state index is 12.9. The molecule has 1 aromatic heterocycles. The first-order valence-electron chi connectivity index (χ1n) is 12.2. The number of hydrogen-bond donors (Lipinski definition) is 0. The third kappa shape index (κ3) is 7.18. The van der Waals surface area contributed by atoms with E-state index < -0.39 is 0 Å². The first kappa shape index (κ1) is 27.9. The predicted octanol–water partition coefficient (Wildman–Crippen LogP) is 3.98. The van der Waals surface area contributed by atoms with Gasteiger partial charge in [0.25, 0.3) is 0 Å². The van der Waals surface area contributed by atoms with Crippen LogP contribution in [-0.4, -0.2) is 65.7 Å². The number of aromatic nitrogens is 3. The highest BCUT2D eigenvalue weighted by Gasteiger charge is 2.18. The van der Waals surface area contributed by atoms with Gasteiger partial charge in [0.2, 0.25) is 0 Å². The molecular weight excluding hydrogens is 501 g/mol. The van der Waals surface area contributed by atoms with Crippen LogP contribution in [0, 0.1) is 0 Å². The zero-order chi connectivity index (χ0) is 24.6. The third-order valence-corrected chi connectivity index (χ3v) is 6.58. The monoisotopic (exact) mass is 535 g/mol. The fourth-order valence-corrected chi connectivity index (χ4v) is 4.58. The summed E-state index contributed by atoms with van der Waals surface area (Å²) in [5, 5.41) is 5.35. The molecule has 0 N–H and O–H groups in total. The van der Waals surface area contributed by atoms with E-state index in [1.165, 1.54) is 5.69 Å². The summed E-state index contributed by atoms with van der Waals surface area (Å²) >= 11 is 6.14. The predicted molar refractivity (Wildman–Crippen MR) is 146 cm³/mol. The van der Waals surface area contributed by atoms with Crippen LogP contribution >= 0.6 is 24.0 Å². The molecule has 3 aromatic rings. The molecule has 0 unspecified atom stereocenters. The van der Waals surface area contributed by atoms with Crippen LogP contribution in [0.3, 0.4) is 0 Å². The lowest BCUT2D eigenvalue weighted by molar-refractivity contribution is 0.248. The van der Waals surface area contributed by atoms with Gasteiger partial charge in [-0.05, 0) is 48.9 Å². The fourth-order valence-electron chi connectivity index (χ4n) is 4.39. The van der Waals surface area contributed by atoms with E-state index in [0.717, 1.165) is 61.5 Å². The number of aryl methyl sites for hydroxylation is 2. The number of benzene rings is 2. The molecule has 0 amide bonds. The van der Waals surface area contributed by atoms with E-state index in [-0.39, 0.29) is 18.1 Å². The minimum atomic E-state index is -0.0639. The highest BCUT2D eigenvalue weighted by Crippen LogP contribution is 2.21. The molecule has 4 rings (SSSR count). The van der Waals surface area contributed by atoms with Crippen molar-refractivity contribution in [3.8, 4) is 11.5 Å². The Kier molecular flexibility index (Phi) is 10.5. The molecule has 1 aliphatic heterocycles. The number of methoxy groups -OCH3 is 1. The Morgan fingerprint density at radius 3 is 2.36 bits per heavy atom. The average Bonchev–Trinajstić information content (AvgIpc) is 3.19. The molecule has 0 saturated carbocycles. The van der Waals surface area contributed by atoms with Crippen LogP contribution in [0.25, 0.3) is 0 Å². The number of nitrogens with zero attached hydrogens (tertiary/aromatic N) is 5. The van der Waals surface area contributed by atoms with Gasteiger partial charge in [0.05, 0.1) is 13.7 Å². The van der Waals surface area contributed by atoms with Crippen LogP contribution < -0.4 is 20.1 Å². The highest BCUT2D eigenvalue weighted by molar-refractivity contribution is 6.30. The highest BCUT2D eigenvalue weighted by atomic mass is 35.5. The van der Waals surface area contributed by atoms with Gasteiger partial charge in [-0.3, -0.25) is 9.47 Å². The number of halogens is 2. The van der Waals surface area contributed by atoms with E-state index >= 15 is 0 Å². The number of piperazine rings is 1. The van der Waals surface area contributed by atoms with Crippen LogP contribution in [0.2, 0.25) is 5.02 Å². The molecule has 0 radical (unpaired) electrons. The van der Waals surface area contributed by atoms with E-state index in [0.29, 0.717) is 26.1 Å². The summed E-state index contributed by atoms with van der Waals surface area (Å²) < 4.78 is 14.3. The molecule has 0 bridgehead atoms. The van der Waals surface area contributed by atoms with Crippen molar-refractivity contribution in [3.63, 3.8) is 0 Å². The summed E-state index contributed by atoms with van der Waals surface area (Å²) in [5.41, 5.74) is 1.11. The molecule has 0 spiro atoms. The molecule has 196 valence electrons. The summed E-state index contributed by atoms with van der Waals surface area (Å²) in [4.78, 5) is 17.8. The normalized spacial score (nSPS) is 13.9. The van der Waals surface area contributed by atoms with Gasteiger partial charge >= 0.3 is 5.69 Å². The SMILES string of the molecule is CCc1nn(CCCN2CCN(c3cccc(Cl)c3)CC2)c(=O)n1CCOc1ccc(OC)cc1.Cl. The number of ether oxygens (including phenoxy) is 2. The van der Waals surface area contributed by atoms with E-state index in [1.54, 1.807) is 16.4 Å². The summed E-state index contributed by atoms with van der Waals surface area (Å²) in [6, 6.07) is 15.5. The van der Waals surface area contributed by atoms with Gasteiger partial charge in [-0.25, -0.2) is 9.48 Å². The Morgan fingerprint density at radius 2 is 1.69 bits per heavy atom. The smallest absolute Gasteiger partial charge is 0.346 e. The van der Waals surface area contributed by atoms with Crippen LogP contribution in [0.5, 0.6) is 11.5 Å². The van der Waals surface area contributed by atoms with Gasteiger partial charge in [-0.2, -0.15) is 5.10 Å². The Balaban J connectivity index is 0.00000361. The molecule has 0 atom stereocenters. The minimum Gasteiger partial charge on any atom is -0.497 e. The van der Waals surface area contributed by atoms with Crippen molar-refractivity contribution in [2.24, 2.45) is 0 Å². The lowest BCUT2D eigenvalue weighted by atomic mass is 10.2. The van der Waals surface area contributed by atoms with Gasteiger partial charge in [0, 0.05) is 56.4 Å². The molecule has 1 fully saturated rings. The van der Waals surface area contributed by atoms with Crippen LogP contribution in [0.1, 0.15) is 19.2 Å². The summed E-state index contributed by atoms with van der Waals surface area (Å²) in [7, 11) is 1.63. The second-order valence-corrected chi connectivity index (χ2v) is 9.05. The third-order valence-electron chi connectivity index (χ3n) is 6.35. The molecule has 1 saturated heterocycles. The molecular formula is C26H35Cl2N5O3. The van der Waals surface area contributed by atoms with Crippen molar-refractivity contribution in [2.45, 2.75) is 32.9 Å². The molecule has 0 aliphatic carbocycles. The van der Waals surface area contributed by atoms with Crippen molar-refractivity contribution in [1.82, 2.24) is 19.2 Å². The van der Waals surface area contributed by atoms with Gasteiger partial charge in [-0.1, -0.05) is 24.6 Å². The van der Waals surface area contributed by atoms with Gasteiger partial charge in [0.15, 0.2) is 0 Å². The molecule has 10 heteroatoms. The standard InChI is InChI=1S/C26H34ClN5O3.ClH/c1-3-25-28-32(26(33)31(25)18-19-35-24-10-8-23(34-2)9-11-24)13-5-12-29-14-16-30(17-15-29)22-7-4-6-21(27)20-22;/h4,6-11,20H,3,5,12-19H2,1-2H3;1H. The van der Waals surface area contributed by atoms with Gasteiger partial charge < -0.3 is 14.4 Å². The van der Waals surface area contributed by atoms with E-state index in [1.807, 2.05) is 49.4 Å². The zero-order valence-electron chi connectivity index (χ0n) is 20.9. The second kappa shape index (κ2) is 13.6. The maximum atomic E-state index is 12.9. The van der Waals surface area contributed by atoms with Crippen molar-refractivity contribution in [2.75, 3.05) is 51.3 Å². The summed E-state index contributed by atoms with van der Waals surface area (Å²) in [6.07, 6.45) is 1.59. The average molecular weight is 537 g/mol. The number of hydrogen-bond acceptors (Lipinski definition) is 6. The molecule has 36 heavy (non-hydrogen) atoms. The van der Waals surface area contributed by atoms with Crippen LogP contribution in [0.15, 0.2) is 53.3 Å².